The second-order valence-corrected chi connectivity index (χ2v) is 8.57. The lowest BCUT2D eigenvalue weighted by molar-refractivity contribution is -0.142. The minimum absolute atomic E-state index is 0.0983. The van der Waals surface area contributed by atoms with Crippen molar-refractivity contribution >= 4 is 23.8 Å². The van der Waals surface area contributed by atoms with Crippen molar-refractivity contribution in [3.8, 4) is 5.75 Å². The number of phenols is 1. The molecular formula is C28H38N2O11. The van der Waals surface area contributed by atoms with Crippen LogP contribution in [0.1, 0.15) is 11.1 Å². The first kappa shape index (κ1) is 35.0. The molecule has 0 unspecified atom stereocenters. The molecule has 2 amide bonds. The van der Waals surface area contributed by atoms with Crippen molar-refractivity contribution < 1.29 is 53.4 Å². The van der Waals surface area contributed by atoms with E-state index in [0.29, 0.717) is 25.4 Å². The number of carbonyl (C=O) groups is 4. The first-order chi connectivity index (χ1) is 19.7. The Labute approximate surface area is 238 Å². The number of methoxy groups -OCH3 is 2. The zero-order valence-corrected chi connectivity index (χ0v) is 23.1. The van der Waals surface area contributed by atoms with Gasteiger partial charge < -0.3 is 44.9 Å². The quantitative estimate of drug-likeness (QED) is 0.156. The summed E-state index contributed by atoms with van der Waals surface area (Å²) in [6.45, 7) is 0.910. The van der Waals surface area contributed by atoms with Crippen LogP contribution in [-0.4, -0.2) is 105 Å². The van der Waals surface area contributed by atoms with Gasteiger partial charge in [0.15, 0.2) is 0 Å². The summed E-state index contributed by atoms with van der Waals surface area (Å²) in [7, 11) is 3.05. The van der Waals surface area contributed by atoms with Gasteiger partial charge in [0.05, 0.1) is 26.4 Å². The minimum atomic E-state index is -1.13. The number of aliphatic carboxylic acids is 2. The first-order valence-electron chi connectivity index (χ1n) is 12.7. The molecule has 0 fully saturated rings. The SMILES string of the molecule is COCCOCC(=O)N[C@@H](Cc1ccc(O)cc1)C(=O)O.COCCOCC(=O)N[C@@H](Cc1ccccc1)C(=O)O. The van der Waals surface area contributed by atoms with Crippen LogP contribution in [0.25, 0.3) is 0 Å². The number of hydrogen-bond acceptors (Lipinski definition) is 9. The number of aromatic hydroxyl groups is 1. The van der Waals surface area contributed by atoms with Gasteiger partial charge in [0.25, 0.3) is 0 Å². The molecule has 2 aromatic rings. The van der Waals surface area contributed by atoms with E-state index in [9.17, 15) is 24.3 Å². The smallest absolute Gasteiger partial charge is 0.326 e. The molecule has 0 aliphatic carbocycles. The predicted octanol–water partition coefficient (Wildman–Crippen LogP) is 0.629. The number of carboxylic acids is 2. The molecule has 0 heterocycles. The number of hydrogen-bond donors (Lipinski definition) is 5. The zero-order valence-electron chi connectivity index (χ0n) is 23.1. The number of phenolic OH excluding ortho intramolecular Hbond substituents is 1. The summed E-state index contributed by atoms with van der Waals surface area (Å²) in [5, 5.41) is 32.2. The van der Waals surface area contributed by atoms with E-state index in [1.165, 1.54) is 26.4 Å². The van der Waals surface area contributed by atoms with Gasteiger partial charge in [-0.05, 0) is 23.3 Å². The third-order valence-corrected chi connectivity index (χ3v) is 5.26. The molecule has 0 aromatic heterocycles. The molecule has 5 N–H and O–H groups in total. The van der Waals surface area contributed by atoms with Gasteiger partial charge in [-0.25, -0.2) is 9.59 Å². The highest BCUT2D eigenvalue weighted by Crippen LogP contribution is 2.11. The van der Waals surface area contributed by atoms with Crippen LogP contribution in [0.5, 0.6) is 5.75 Å². The molecule has 0 aliphatic heterocycles. The lowest BCUT2D eigenvalue weighted by Gasteiger charge is -2.14. The lowest BCUT2D eigenvalue weighted by Crippen LogP contribution is -2.44. The van der Waals surface area contributed by atoms with E-state index in [-0.39, 0.29) is 38.4 Å². The average molecular weight is 579 g/mol. The first-order valence-corrected chi connectivity index (χ1v) is 12.7. The van der Waals surface area contributed by atoms with Crippen LogP contribution in [0.15, 0.2) is 54.6 Å². The van der Waals surface area contributed by atoms with Crippen LogP contribution < -0.4 is 10.6 Å². The monoisotopic (exact) mass is 578 g/mol. The number of rotatable bonds is 18. The van der Waals surface area contributed by atoms with Crippen LogP contribution in [0.3, 0.4) is 0 Å². The molecule has 13 heteroatoms. The third-order valence-electron chi connectivity index (χ3n) is 5.26. The predicted molar refractivity (Wildman–Crippen MR) is 146 cm³/mol. The van der Waals surface area contributed by atoms with Gasteiger partial charge >= 0.3 is 11.9 Å². The van der Waals surface area contributed by atoms with Crippen molar-refractivity contribution in [1.82, 2.24) is 10.6 Å². The molecule has 13 nitrogen and oxygen atoms in total. The van der Waals surface area contributed by atoms with Crippen molar-refractivity contribution in [2.45, 2.75) is 24.9 Å². The zero-order chi connectivity index (χ0) is 30.5. The van der Waals surface area contributed by atoms with Crippen molar-refractivity contribution in [2.75, 3.05) is 53.9 Å². The lowest BCUT2D eigenvalue weighted by atomic mass is 10.1. The summed E-state index contributed by atoms with van der Waals surface area (Å²) in [4.78, 5) is 45.5. The molecular weight excluding hydrogens is 540 g/mol. The highest BCUT2D eigenvalue weighted by molar-refractivity contribution is 5.85. The van der Waals surface area contributed by atoms with Gasteiger partial charge in [-0.1, -0.05) is 42.5 Å². The number of benzene rings is 2. The Morgan fingerprint density at radius 1 is 0.659 bits per heavy atom. The van der Waals surface area contributed by atoms with Crippen molar-refractivity contribution in [3.63, 3.8) is 0 Å². The van der Waals surface area contributed by atoms with Gasteiger partial charge in [-0.3, -0.25) is 9.59 Å². The molecule has 2 aromatic carbocycles. The third kappa shape index (κ3) is 16.6. The maximum atomic E-state index is 11.6. The van der Waals surface area contributed by atoms with Crippen LogP contribution in [0, 0.1) is 0 Å². The summed E-state index contributed by atoms with van der Waals surface area (Å²) < 4.78 is 19.6. The van der Waals surface area contributed by atoms with Crippen molar-refractivity contribution in [1.29, 1.82) is 0 Å². The Bertz CT molecular complexity index is 1050. The molecule has 41 heavy (non-hydrogen) atoms. The van der Waals surface area contributed by atoms with E-state index < -0.39 is 35.8 Å². The number of ether oxygens (including phenoxy) is 4. The summed E-state index contributed by atoms with van der Waals surface area (Å²) in [6, 6.07) is 13.3. The maximum absolute atomic E-state index is 11.6. The van der Waals surface area contributed by atoms with E-state index in [4.69, 9.17) is 29.2 Å². The molecule has 2 rings (SSSR count). The standard InChI is InChI=1S/C14H19NO6.C14H19NO5/c1-20-6-7-21-9-13(17)15-12(14(18)19)8-10-2-4-11(16)5-3-10;1-19-7-8-20-10-13(16)15-12(14(17)18)9-11-5-3-2-4-6-11/h2-5,12,16H,6-9H2,1H3,(H,15,17)(H,18,19);2-6,12H,7-10H2,1H3,(H,15,16)(H,17,18)/t2*12-/m00/s1. The van der Waals surface area contributed by atoms with Crippen LogP contribution >= 0.6 is 0 Å². The van der Waals surface area contributed by atoms with Crippen LogP contribution in [0.4, 0.5) is 0 Å². The van der Waals surface area contributed by atoms with E-state index >= 15 is 0 Å². The van der Waals surface area contributed by atoms with E-state index in [2.05, 4.69) is 10.6 Å². The molecule has 226 valence electrons. The van der Waals surface area contributed by atoms with Gasteiger partial charge in [0.1, 0.15) is 31.0 Å². The summed E-state index contributed by atoms with van der Waals surface area (Å²) in [5.41, 5.74) is 1.54. The van der Waals surface area contributed by atoms with E-state index in [1.54, 1.807) is 12.1 Å². The fourth-order valence-electron chi connectivity index (χ4n) is 3.20. The number of carbonyl (C=O) groups excluding carboxylic acids is 2. The summed E-state index contributed by atoms with van der Waals surface area (Å²) in [6.07, 6.45) is 0.361. The van der Waals surface area contributed by atoms with Gasteiger partial charge in [0, 0.05) is 27.1 Å². The molecule has 0 saturated carbocycles. The van der Waals surface area contributed by atoms with Crippen LogP contribution in [0.2, 0.25) is 0 Å². The summed E-state index contributed by atoms with van der Waals surface area (Å²) >= 11 is 0. The maximum Gasteiger partial charge on any atom is 0.326 e. The second kappa shape index (κ2) is 20.8. The number of nitrogens with one attached hydrogen (secondary N) is 2. The fraction of sp³-hybridized carbons (Fsp3) is 0.429. The highest BCUT2D eigenvalue weighted by Gasteiger charge is 2.21. The molecule has 0 bridgehead atoms. The highest BCUT2D eigenvalue weighted by atomic mass is 16.5. The van der Waals surface area contributed by atoms with E-state index in [0.717, 1.165) is 5.56 Å². The Morgan fingerprint density at radius 3 is 1.46 bits per heavy atom. The molecule has 0 aliphatic rings. The number of amides is 2. The Hall–Kier alpha value is -4.04. The van der Waals surface area contributed by atoms with Crippen molar-refractivity contribution in [2.24, 2.45) is 0 Å². The minimum Gasteiger partial charge on any atom is -0.508 e. The summed E-state index contributed by atoms with van der Waals surface area (Å²) in [5.74, 6) is -3.06. The van der Waals surface area contributed by atoms with Crippen LogP contribution in [-0.2, 0) is 51.0 Å². The molecule has 0 radical (unpaired) electrons. The average Bonchev–Trinajstić information content (AvgIpc) is 2.95. The second-order valence-electron chi connectivity index (χ2n) is 8.57. The largest absolute Gasteiger partial charge is 0.508 e. The Balaban J connectivity index is 0.000000410. The van der Waals surface area contributed by atoms with Crippen molar-refractivity contribution in [3.05, 3.63) is 65.7 Å². The molecule has 0 saturated heterocycles. The van der Waals surface area contributed by atoms with Gasteiger partial charge in [-0.2, -0.15) is 0 Å². The normalized spacial score (nSPS) is 11.9. The topological polar surface area (TPSA) is 190 Å². The van der Waals surface area contributed by atoms with Gasteiger partial charge in [-0.15, -0.1) is 0 Å². The Kier molecular flexibility index (Phi) is 17.8. The van der Waals surface area contributed by atoms with Gasteiger partial charge in [0.2, 0.25) is 11.8 Å². The molecule has 0 spiro atoms. The molecule has 2 atom stereocenters. The number of carboxylic acid groups (broad SMARTS) is 2. The Morgan fingerprint density at radius 2 is 1.07 bits per heavy atom. The fourth-order valence-corrected chi connectivity index (χ4v) is 3.20. The van der Waals surface area contributed by atoms with E-state index in [1.807, 2.05) is 30.3 Å².